The monoisotopic (exact) mass is 359 g/mol. The minimum Gasteiger partial charge on any atom is -0.478 e. The van der Waals surface area contributed by atoms with Gasteiger partial charge in [-0.15, -0.1) is 0 Å². The Balaban J connectivity index is 1.72. The molecule has 0 aliphatic heterocycles. The largest absolute Gasteiger partial charge is 0.478 e. The molecule has 5 heteroatoms. The molecule has 4 nitrogen and oxygen atoms in total. The van der Waals surface area contributed by atoms with Crippen LogP contribution in [0.5, 0.6) is 0 Å². The standard InChI is InChI=1S/C22H14FNO3/c1-12-14-5-2-3-6-15(14)16-7-4-8-17(20(12)16)21(25)24-13-9-10-19(23)18(11-13)22(26)27/h2-11H,1H2,(H,24,25)(H,26,27). The Morgan fingerprint density at radius 1 is 0.889 bits per heavy atom. The number of aromatic carboxylic acids is 1. The van der Waals surface area contributed by atoms with E-state index in [4.69, 9.17) is 5.11 Å². The van der Waals surface area contributed by atoms with Gasteiger partial charge in [-0.3, -0.25) is 4.79 Å². The number of anilines is 1. The van der Waals surface area contributed by atoms with Gasteiger partial charge in [0.25, 0.3) is 5.91 Å². The van der Waals surface area contributed by atoms with Crippen LogP contribution in [0.3, 0.4) is 0 Å². The molecule has 0 fully saturated rings. The lowest BCUT2D eigenvalue weighted by atomic mass is 9.98. The summed E-state index contributed by atoms with van der Waals surface area (Å²) >= 11 is 0. The SMILES string of the molecule is C=C1c2ccccc2-c2cccc(C(=O)Nc3ccc(F)c(C(=O)O)c3)c21. The highest BCUT2D eigenvalue weighted by Gasteiger charge is 2.26. The molecular formula is C22H14FNO3. The van der Waals surface area contributed by atoms with E-state index in [-0.39, 0.29) is 5.69 Å². The van der Waals surface area contributed by atoms with Crippen LogP contribution in [0.25, 0.3) is 16.7 Å². The Hall–Kier alpha value is -3.73. The Morgan fingerprint density at radius 3 is 2.33 bits per heavy atom. The van der Waals surface area contributed by atoms with Crippen LogP contribution in [-0.4, -0.2) is 17.0 Å². The van der Waals surface area contributed by atoms with Crippen molar-refractivity contribution in [2.24, 2.45) is 0 Å². The number of nitrogens with one attached hydrogen (secondary N) is 1. The highest BCUT2D eigenvalue weighted by atomic mass is 19.1. The first kappa shape index (κ1) is 16.7. The number of hydrogen-bond acceptors (Lipinski definition) is 2. The molecular weight excluding hydrogens is 345 g/mol. The van der Waals surface area contributed by atoms with Crippen LogP contribution in [0.4, 0.5) is 10.1 Å². The summed E-state index contributed by atoms with van der Waals surface area (Å²) in [6.45, 7) is 4.13. The van der Waals surface area contributed by atoms with Crippen molar-refractivity contribution in [3.05, 3.63) is 95.3 Å². The van der Waals surface area contributed by atoms with Crippen molar-refractivity contribution in [1.29, 1.82) is 0 Å². The molecule has 0 unspecified atom stereocenters. The van der Waals surface area contributed by atoms with Crippen molar-refractivity contribution >= 4 is 23.1 Å². The van der Waals surface area contributed by atoms with Crippen molar-refractivity contribution in [2.75, 3.05) is 5.32 Å². The van der Waals surface area contributed by atoms with Gasteiger partial charge in [-0.25, -0.2) is 9.18 Å². The van der Waals surface area contributed by atoms with Crippen molar-refractivity contribution in [2.45, 2.75) is 0 Å². The van der Waals surface area contributed by atoms with Gasteiger partial charge in [-0.1, -0.05) is 43.0 Å². The highest BCUT2D eigenvalue weighted by Crippen LogP contribution is 2.44. The summed E-state index contributed by atoms with van der Waals surface area (Å²) in [6.07, 6.45) is 0. The number of carboxylic acid groups (broad SMARTS) is 1. The number of fused-ring (bicyclic) bond motifs is 3. The molecule has 0 radical (unpaired) electrons. The van der Waals surface area contributed by atoms with Gasteiger partial charge in [-0.05, 0) is 46.5 Å². The van der Waals surface area contributed by atoms with E-state index in [0.29, 0.717) is 5.56 Å². The highest BCUT2D eigenvalue weighted by molar-refractivity contribution is 6.13. The minimum absolute atomic E-state index is 0.206. The molecule has 0 saturated heterocycles. The normalized spacial score (nSPS) is 11.7. The molecule has 0 saturated carbocycles. The van der Waals surface area contributed by atoms with Gasteiger partial charge >= 0.3 is 5.97 Å². The van der Waals surface area contributed by atoms with Crippen LogP contribution in [0.15, 0.2) is 67.2 Å². The zero-order valence-electron chi connectivity index (χ0n) is 14.1. The van der Waals surface area contributed by atoms with Crippen LogP contribution < -0.4 is 5.32 Å². The lowest BCUT2D eigenvalue weighted by Crippen LogP contribution is -2.14. The number of hydrogen-bond donors (Lipinski definition) is 2. The number of carbonyl (C=O) groups excluding carboxylic acids is 1. The molecule has 0 atom stereocenters. The molecule has 0 heterocycles. The number of carboxylic acids is 1. The van der Waals surface area contributed by atoms with Gasteiger partial charge in [0.2, 0.25) is 0 Å². The Labute approximate surface area is 154 Å². The van der Waals surface area contributed by atoms with Crippen LogP contribution in [-0.2, 0) is 0 Å². The van der Waals surface area contributed by atoms with E-state index in [1.54, 1.807) is 12.1 Å². The fourth-order valence-electron chi connectivity index (χ4n) is 3.37. The van der Waals surface area contributed by atoms with E-state index in [1.165, 1.54) is 6.07 Å². The fraction of sp³-hybridized carbons (Fsp3) is 0. The molecule has 132 valence electrons. The van der Waals surface area contributed by atoms with E-state index >= 15 is 0 Å². The van der Waals surface area contributed by atoms with Crippen molar-refractivity contribution in [3.8, 4) is 11.1 Å². The van der Waals surface area contributed by atoms with Crippen LogP contribution in [0.2, 0.25) is 0 Å². The third-order valence-corrected chi connectivity index (χ3v) is 4.61. The third-order valence-electron chi connectivity index (χ3n) is 4.61. The summed E-state index contributed by atoms with van der Waals surface area (Å²) in [5.41, 5.74) is 4.56. The lowest BCUT2D eigenvalue weighted by Gasteiger charge is -2.11. The lowest BCUT2D eigenvalue weighted by molar-refractivity contribution is 0.0691. The molecule has 1 aliphatic rings. The Kier molecular flexibility index (Phi) is 3.85. The number of benzene rings is 3. The third kappa shape index (κ3) is 2.69. The van der Waals surface area contributed by atoms with Crippen molar-refractivity contribution < 1.29 is 19.1 Å². The summed E-state index contributed by atoms with van der Waals surface area (Å²) < 4.78 is 13.6. The maximum absolute atomic E-state index is 13.6. The maximum Gasteiger partial charge on any atom is 0.338 e. The number of halogens is 1. The van der Waals surface area contributed by atoms with Crippen LogP contribution >= 0.6 is 0 Å². The number of amides is 1. The second kappa shape index (κ2) is 6.21. The summed E-state index contributed by atoms with van der Waals surface area (Å²) in [7, 11) is 0. The zero-order chi connectivity index (χ0) is 19.1. The van der Waals surface area contributed by atoms with Crippen LogP contribution in [0, 0.1) is 5.82 Å². The van der Waals surface area contributed by atoms with Gasteiger partial charge in [-0.2, -0.15) is 0 Å². The molecule has 27 heavy (non-hydrogen) atoms. The summed E-state index contributed by atoms with van der Waals surface area (Å²) in [5.74, 6) is -2.67. The quantitative estimate of drug-likeness (QED) is 0.551. The van der Waals surface area contributed by atoms with Gasteiger partial charge in [0.1, 0.15) is 5.82 Å². The second-order valence-corrected chi connectivity index (χ2v) is 6.21. The van der Waals surface area contributed by atoms with Gasteiger partial charge in [0.05, 0.1) is 5.56 Å². The predicted octanol–water partition coefficient (Wildman–Crippen LogP) is 4.82. The van der Waals surface area contributed by atoms with E-state index in [1.807, 2.05) is 30.3 Å². The fourth-order valence-corrected chi connectivity index (χ4v) is 3.37. The molecule has 4 rings (SSSR count). The minimum atomic E-state index is -1.40. The number of rotatable bonds is 3. The molecule has 0 bridgehead atoms. The second-order valence-electron chi connectivity index (χ2n) is 6.21. The molecule has 3 aromatic carbocycles. The van der Waals surface area contributed by atoms with E-state index in [2.05, 4.69) is 11.9 Å². The molecule has 0 spiro atoms. The van der Waals surface area contributed by atoms with Gasteiger partial charge in [0.15, 0.2) is 0 Å². The van der Waals surface area contributed by atoms with E-state index in [9.17, 15) is 14.0 Å². The Morgan fingerprint density at radius 2 is 1.59 bits per heavy atom. The number of carbonyl (C=O) groups is 2. The first-order valence-electron chi connectivity index (χ1n) is 8.23. The Bertz CT molecular complexity index is 1130. The molecule has 1 amide bonds. The predicted molar refractivity (Wildman–Crippen MR) is 101 cm³/mol. The molecule has 3 aromatic rings. The van der Waals surface area contributed by atoms with Gasteiger partial charge in [0, 0.05) is 16.8 Å². The summed E-state index contributed by atoms with van der Waals surface area (Å²) in [6, 6.07) is 16.6. The molecule has 2 N–H and O–H groups in total. The van der Waals surface area contributed by atoms with E-state index < -0.39 is 23.3 Å². The first-order valence-corrected chi connectivity index (χ1v) is 8.23. The van der Waals surface area contributed by atoms with Gasteiger partial charge < -0.3 is 10.4 Å². The zero-order valence-corrected chi connectivity index (χ0v) is 14.1. The summed E-state index contributed by atoms with van der Waals surface area (Å²) in [4.78, 5) is 23.9. The smallest absolute Gasteiger partial charge is 0.338 e. The molecule has 1 aliphatic carbocycles. The van der Waals surface area contributed by atoms with Crippen molar-refractivity contribution in [3.63, 3.8) is 0 Å². The van der Waals surface area contributed by atoms with E-state index in [0.717, 1.165) is 40.0 Å². The first-order chi connectivity index (χ1) is 13.0. The molecule has 0 aromatic heterocycles. The summed E-state index contributed by atoms with van der Waals surface area (Å²) in [5, 5.41) is 11.7. The average Bonchev–Trinajstić information content (AvgIpc) is 2.96. The topological polar surface area (TPSA) is 66.4 Å². The van der Waals surface area contributed by atoms with Crippen molar-refractivity contribution in [1.82, 2.24) is 0 Å². The van der Waals surface area contributed by atoms with Crippen LogP contribution in [0.1, 0.15) is 31.8 Å². The maximum atomic E-state index is 13.6. The average molecular weight is 359 g/mol.